The second kappa shape index (κ2) is 8.74. The summed E-state index contributed by atoms with van der Waals surface area (Å²) in [5.74, 6) is 1.90. The normalized spacial score (nSPS) is 16.3. The van der Waals surface area contributed by atoms with E-state index in [0.717, 1.165) is 37.9 Å². The Morgan fingerprint density at radius 1 is 1.33 bits per heavy atom. The largest absolute Gasteiger partial charge is 0.361 e. The van der Waals surface area contributed by atoms with Gasteiger partial charge in [0.25, 0.3) is 0 Å². The van der Waals surface area contributed by atoms with Crippen molar-refractivity contribution in [2.75, 3.05) is 26.7 Å². The lowest BCUT2D eigenvalue weighted by Crippen LogP contribution is -2.45. The molecule has 2 aromatic rings. The van der Waals surface area contributed by atoms with Crippen molar-refractivity contribution in [3.63, 3.8) is 0 Å². The molecule has 3 rings (SSSR count). The molecule has 1 aromatic carbocycles. The number of halogens is 1. The Morgan fingerprint density at radius 3 is 2.79 bits per heavy atom. The number of likely N-dealkylation sites (tertiary alicyclic amines) is 1. The van der Waals surface area contributed by atoms with E-state index in [1.165, 1.54) is 34.9 Å². The third-order valence-corrected chi connectivity index (χ3v) is 4.98. The molecule has 0 atom stereocenters. The number of H-pyrrole nitrogens is 1. The number of fused-ring (bicyclic) bond motifs is 1. The zero-order chi connectivity index (χ0) is 16.2. The van der Waals surface area contributed by atoms with Crippen LogP contribution in [0, 0.1) is 12.8 Å². The summed E-state index contributed by atoms with van der Waals surface area (Å²) in [5.41, 5.74) is 3.94. The first-order valence-corrected chi connectivity index (χ1v) is 8.70. The summed E-state index contributed by atoms with van der Waals surface area (Å²) < 4.78 is 0. The smallest absolute Gasteiger partial charge is 0.193 e. The summed E-state index contributed by atoms with van der Waals surface area (Å²) in [4.78, 5) is 10.3. The highest BCUT2D eigenvalue weighted by atomic mass is 127. The van der Waals surface area contributed by atoms with Crippen LogP contribution in [0.3, 0.4) is 0 Å². The van der Waals surface area contributed by atoms with Gasteiger partial charge in [-0.15, -0.1) is 24.0 Å². The van der Waals surface area contributed by atoms with Gasteiger partial charge in [0.2, 0.25) is 0 Å². The third-order valence-electron chi connectivity index (χ3n) is 4.98. The van der Waals surface area contributed by atoms with E-state index in [2.05, 4.69) is 58.4 Å². The number of piperidine rings is 1. The fraction of sp³-hybridized carbons (Fsp3) is 0.526. The SMILES string of the molecule is CN=C(NCCc1c[nH]c2c(C)cccc12)N1CCC(C)CC1.I. The first-order chi connectivity index (χ1) is 11.2. The van der Waals surface area contributed by atoms with Gasteiger partial charge >= 0.3 is 0 Å². The highest BCUT2D eigenvalue weighted by Crippen LogP contribution is 2.21. The second-order valence-electron chi connectivity index (χ2n) is 6.70. The predicted octanol–water partition coefficient (Wildman–Crippen LogP) is 3.94. The van der Waals surface area contributed by atoms with Crippen molar-refractivity contribution in [3.05, 3.63) is 35.5 Å². The molecule has 2 N–H and O–H groups in total. The Kier molecular flexibility index (Phi) is 6.95. The molecular formula is C19H29IN4. The Bertz CT molecular complexity index is 684. The van der Waals surface area contributed by atoms with Crippen LogP contribution in [0.1, 0.15) is 30.9 Å². The van der Waals surface area contributed by atoms with E-state index in [1.807, 2.05) is 7.05 Å². The molecule has 2 heterocycles. The molecule has 24 heavy (non-hydrogen) atoms. The fourth-order valence-corrected chi connectivity index (χ4v) is 3.43. The molecule has 5 heteroatoms. The van der Waals surface area contributed by atoms with Crippen LogP contribution in [0.4, 0.5) is 0 Å². The number of aryl methyl sites for hydroxylation is 1. The number of nitrogens with one attached hydrogen (secondary N) is 2. The van der Waals surface area contributed by atoms with Gasteiger partial charge in [-0.25, -0.2) is 0 Å². The number of aromatic nitrogens is 1. The van der Waals surface area contributed by atoms with Crippen molar-refractivity contribution < 1.29 is 0 Å². The van der Waals surface area contributed by atoms with Crippen molar-refractivity contribution >= 4 is 40.8 Å². The average Bonchev–Trinajstić information content (AvgIpc) is 2.97. The summed E-state index contributed by atoms with van der Waals surface area (Å²) in [6.07, 6.45) is 5.68. The maximum absolute atomic E-state index is 4.46. The van der Waals surface area contributed by atoms with E-state index in [1.54, 1.807) is 0 Å². The molecule has 1 aliphatic heterocycles. The van der Waals surface area contributed by atoms with Gasteiger partial charge in [0.15, 0.2) is 5.96 Å². The minimum absolute atomic E-state index is 0. The number of nitrogens with zero attached hydrogens (tertiary/aromatic N) is 2. The second-order valence-corrected chi connectivity index (χ2v) is 6.70. The topological polar surface area (TPSA) is 43.4 Å². The molecule has 0 saturated carbocycles. The van der Waals surface area contributed by atoms with E-state index in [4.69, 9.17) is 0 Å². The van der Waals surface area contributed by atoms with Crippen LogP contribution >= 0.6 is 24.0 Å². The van der Waals surface area contributed by atoms with Gasteiger partial charge in [-0.05, 0) is 43.2 Å². The molecule has 0 bridgehead atoms. The standard InChI is InChI=1S/C19H28N4.HI/c1-14-8-11-23(12-9-14)19(20-3)21-10-7-16-13-22-18-15(2)5-4-6-17(16)18;/h4-6,13-14,22H,7-12H2,1-3H3,(H,20,21);1H. The molecule has 0 radical (unpaired) electrons. The first kappa shape index (κ1) is 19.1. The number of hydrogen-bond donors (Lipinski definition) is 2. The number of rotatable bonds is 3. The number of aromatic amines is 1. The summed E-state index contributed by atoms with van der Waals surface area (Å²) in [6, 6.07) is 6.49. The summed E-state index contributed by atoms with van der Waals surface area (Å²) in [6.45, 7) is 7.65. The average molecular weight is 440 g/mol. The zero-order valence-electron chi connectivity index (χ0n) is 14.9. The molecule has 1 fully saturated rings. The van der Waals surface area contributed by atoms with Crippen LogP contribution in [0.15, 0.2) is 29.4 Å². The first-order valence-electron chi connectivity index (χ1n) is 8.70. The van der Waals surface area contributed by atoms with Crippen LogP contribution in [-0.2, 0) is 6.42 Å². The van der Waals surface area contributed by atoms with Crippen molar-refractivity contribution in [2.45, 2.75) is 33.1 Å². The van der Waals surface area contributed by atoms with Gasteiger partial charge in [0, 0.05) is 43.8 Å². The van der Waals surface area contributed by atoms with Gasteiger partial charge in [0.05, 0.1) is 0 Å². The monoisotopic (exact) mass is 440 g/mol. The molecule has 1 aromatic heterocycles. The predicted molar refractivity (Wildman–Crippen MR) is 113 cm³/mol. The number of aliphatic imine (C=N–C) groups is 1. The Balaban J connectivity index is 0.00000208. The molecule has 0 aliphatic carbocycles. The molecule has 1 saturated heterocycles. The van der Waals surface area contributed by atoms with E-state index in [9.17, 15) is 0 Å². The fourth-order valence-electron chi connectivity index (χ4n) is 3.43. The quantitative estimate of drug-likeness (QED) is 0.432. The van der Waals surface area contributed by atoms with E-state index < -0.39 is 0 Å². The maximum Gasteiger partial charge on any atom is 0.193 e. The van der Waals surface area contributed by atoms with Crippen molar-refractivity contribution in [3.8, 4) is 0 Å². The Morgan fingerprint density at radius 2 is 2.08 bits per heavy atom. The lowest BCUT2D eigenvalue weighted by Gasteiger charge is -2.32. The van der Waals surface area contributed by atoms with E-state index >= 15 is 0 Å². The molecule has 0 amide bonds. The number of hydrogen-bond acceptors (Lipinski definition) is 1. The van der Waals surface area contributed by atoms with Gasteiger partial charge in [-0.3, -0.25) is 4.99 Å². The summed E-state index contributed by atoms with van der Waals surface area (Å²) >= 11 is 0. The van der Waals surface area contributed by atoms with Gasteiger partial charge in [-0.1, -0.05) is 25.1 Å². The number of guanidine groups is 1. The molecule has 0 spiro atoms. The van der Waals surface area contributed by atoms with E-state index in [-0.39, 0.29) is 24.0 Å². The van der Waals surface area contributed by atoms with Crippen LogP contribution < -0.4 is 5.32 Å². The highest BCUT2D eigenvalue weighted by Gasteiger charge is 2.18. The van der Waals surface area contributed by atoms with Gasteiger partial charge in [0.1, 0.15) is 0 Å². The minimum Gasteiger partial charge on any atom is -0.361 e. The third kappa shape index (κ3) is 4.23. The summed E-state index contributed by atoms with van der Waals surface area (Å²) in [7, 11) is 1.88. The lowest BCUT2D eigenvalue weighted by atomic mass is 9.99. The highest BCUT2D eigenvalue weighted by molar-refractivity contribution is 14.0. The number of benzene rings is 1. The molecule has 132 valence electrons. The van der Waals surface area contributed by atoms with Crippen molar-refractivity contribution in [1.29, 1.82) is 0 Å². The Labute approximate surface area is 162 Å². The lowest BCUT2D eigenvalue weighted by molar-refractivity contribution is 0.273. The van der Waals surface area contributed by atoms with Crippen molar-refractivity contribution in [1.82, 2.24) is 15.2 Å². The van der Waals surface area contributed by atoms with Crippen LogP contribution in [0.2, 0.25) is 0 Å². The molecule has 1 aliphatic rings. The van der Waals surface area contributed by atoms with E-state index in [0.29, 0.717) is 0 Å². The van der Waals surface area contributed by atoms with Crippen LogP contribution in [0.5, 0.6) is 0 Å². The van der Waals surface area contributed by atoms with Crippen molar-refractivity contribution in [2.24, 2.45) is 10.9 Å². The maximum atomic E-state index is 4.46. The van der Waals surface area contributed by atoms with Crippen LogP contribution in [-0.4, -0.2) is 42.5 Å². The molecule has 0 unspecified atom stereocenters. The van der Waals surface area contributed by atoms with Gasteiger partial charge in [-0.2, -0.15) is 0 Å². The van der Waals surface area contributed by atoms with Gasteiger partial charge < -0.3 is 15.2 Å². The zero-order valence-corrected chi connectivity index (χ0v) is 17.3. The molecule has 4 nitrogen and oxygen atoms in total. The Hall–Kier alpha value is -1.24. The minimum atomic E-state index is 0. The molecular weight excluding hydrogens is 411 g/mol. The van der Waals surface area contributed by atoms with Crippen LogP contribution in [0.25, 0.3) is 10.9 Å². The summed E-state index contributed by atoms with van der Waals surface area (Å²) in [5, 5.41) is 4.87. The number of para-hydroxylation sites is 1.